The number of aliphatic imine (C=N–C) groups is 1. The number of nitrogens with one attached hydrogen (secondary N) is 4. The van der Waals surface area contributed by atoms with Gasteiger partial charge in [-0.1, -0.05) is 48.5 Å². The summed E-state index contributed by atoms with van der Waals surface area (Å²) in [5.74, 6) is -0.229. The van der Waals surface area contributed by atoms with Crippen molar-refractivity contribution in [1.82, 2.24) is 35.7 Å². The maximum Gasteiger partial charge on any atom is 0.407 e. The first kappa shape index (κ1) is 43.8. The molecule has 60 heavy (non-hydrogen) atoms. The summed E-state index contributed by atoms with van der Waals surface area (Å²) in [6, 6.07) is 11.6. The first-order valence-corrected chi connectivity index (χ1v) is 19.5. The molecule has 2 fully saturated rings. The summed E-state index contributed by atoms with van der Waals surface area (Å²) in [5, 5.41) is 7.90. The molecule has 0 saturated carbocycles. The van der Waals surface area contributed by atoms with Crippen molar-refractivity contribution >= 4 is 29.8 Å². The molecule has 324 valence electrons. The lowest BCUT2D eigenvalue weighted by molar-refractivity contribution is -0.144. The fourth-order valence-electron chi connectivity index (χ4n) is 7.82. The third-order valence-corrected chi connectivity index (χ3v) is 10.9. The van der Waals surface area contributed by atoms with Crippen molar-refractivity contribution in [2.24, 2.45) is 4.99 Å². The number of hydrogen-bond donors (Lipinski definition) is 4. The van der Waals surface area contributed by atoms with Crippen LogP contribution in [0, 0.1) is 0 Å². The van der Waals surface area contributed by atoms with Crippen LogP contribution in [0.15, 0.2) is 59.7 Å². The highest BCUT2D eigenvalue weighted by Gasteiger charge is 2.41. The van der Waals surface area contributed by atoms with E-state index in [2.05, 4.69) is 40.4 Å². The number of amides is 4. The molecule has 0 bridgehead atoms. The summed E-state index contributed by atoms with van der Waals surface area (Å²) in [4.78, 5) is 65.9. The van der Waals surface area contributed by atoms with Crippen LogP contribution in [0.2, 0.25) is 0 Å². The second-order valence-corrected chi connectivity index (χ2v) is 14.9. The van der Waals surface area contributed by atoms with E-state index < -0.39 is 86.2 Å². The van der Waals surface area contributed by atoms with Crippen LogP contribution in [-0.4, -0.2) is 114 Å². The second-order valence-electron chi connectivity index (χ2n) is 14.9. The van der Waals surface area contributed by atoms with Crippen LogP contribution in [0.5, 0.6) is 0 Å². The van der Waals surface area contributed by atoms with Gasteiger partial charge in [-0.15, -0.1) is 0 Å². The fourth-order valence-corrected chi connectivity index (χ4v) is 7.82. The van der Waals surface area contributed by atoms with Gasteiger partial charge in [-0.05, 0) is 60.8 Å². The predicted octanol–water partition coefficient (Wildman–Crippen LogP) is 6.58. The van der Waals surface area contributed by atoms with E-state index in [4.69, 9.17) is 0 Å². The minimum absolute atomic E-state index is 0.196. The monoisotopic (exact) mass is 848 g/mol. The van der Waals surface area contributed by atoms with E-state index in [1.165, 1.54) is 9.80 Å². The smallest absolute Gasteiger partial charge is 0.407 e. The van der Waals surface area contributed by atoms with Crippen molar-refractivity contribution in [1.29, 1.82) is 0 Å². The van der Waals surface area contributed by atoms with Crippen LogP contribution in [-0.2, 0) is 19.1 Å². The van der Waals surface area contributed by atoms with Gasteiger partial charge in [-0.2, -0.15) is 26.3 Å². The number of amidine groups is 1. The van der Waals surface area contributed by atoms with Crippen molar-refractivity contribution in [2.75, 3.05) is 33.9 Å². The first-order valence-electron chi connectivity index (χ1n) is 19.5. The van der Waals surface area contributed by atoms with Gasteiger partial charge in [0.2, 0.25) is 11.8 Å². The molecular formula is C40H46F6N8O6. The Hall–Kier alpha value is -5.82. The highest BCUT2D eigenvalue weighted by Crippen LogP contribution is 2.34. The summed E-state index contributed by atoms with van der Waals surface area (Å²) in [6.45, 7) is 0.991. The number of alkyl carbamates (subject to hydrolysis) is 2. The maximum absolute atomic E-state index is 13.4. The number of imidazole rings is 1. The predicted molar refractivity (Wildman–Crippen MR) is 205 cm³/mol. The molecule has 2 saturated heterocycles. The number of carbonyl (C=O) groups excluding carboxylic acids is 4. The number of benzene rings is 2. The summed E-state index contributed by atoms with van der Waals surface area (Å²) < 4.78 is 87.2. The van der Waals surface area contributed by atoms with Crippen LogP contribution in [0.3, 0.4) is 0 Å². The van der Waals surface area contributed by atoms with Crippen LogP contribution in [0.4, 0.5) is 35.9 Å². The van der Waals surface area contributed by atoms with E-state index in [1.54, 1.807) is 6.20 Å². The van der Waals surface area contributed by atoms with Gasteiger partial charge in [-0.25, -0.2) is 14.6 Å². The SMILES string of the molecule is COC(=O)N[C@@H](CCC(F)(F)F)C(=O)N1CCC[C@H]1C1=NCC(c2ccc(-c3ccc(-c4cnc([C@@H]5CCCN5C(=O)[C@H](CCC(F)(F)F)NC(=O)OC)[nH]4)cc3)cc2)N1. The number of halogens is 6. The number of hydrogen-bond acceptors (Lipinski definition) is 9. The van der Waals surface area contributed by atoms with Gasteiger partial charge < -0.3 is 40.2 Å². The van der Waals surface area contributed by atoms with Gasteiger partial charge in [0.15, 0.2) is 0 Å². The quantitative estimate of drug-likeness (QED) is 0.140. The van der Waals surface area contributed by atoms with E-state index in [1.807, 2.05) is 48.5 Å². The largest absolute Gasteiger partial charge is 0.453 e. The highest BCUT2D eigenvalue weighted by atomic mass is 19.4. The molecule has 1 unspecified atom stereocenters. The fraction of sp³-hybridized carbons (Fsp3) is 0.500. The minimum Gasteiger partial charge on any atom is -0.453 e. The number of methoxy groups -OCH3 is 2. The Balaban J connectivity index is 1.06. The number of aromatic nitrogens is 2. The Morgan fingerprint density at radius 3 is 1.75 bits per heavy atom. The number of alkyl halides is 6. The zero-order chi connectivity index (χ0) is 43.2. The molecule has 2 aromatic carbocycles. The molecule has 14 nitrogen and oxygen atoms in total. The number of carbonyl (C=O) groups is 4. The number of likely N-dealkylation sites (tertiary alicyclic amines) is 2. The third-order valence-electron chi connectivity index (χ3n) is 10.9. The second kappa shape index (κ2) is 18.6. The van der Waals surface area contributed by atoms with Crippen LogP contribution in [0.25, 0.3) is 22.4 Å². The van der Waals surface area contributed by atoms with Gasteiger partial charge in [0.05, 0.1) is 50.8 Å². The lowest BCUT2D eigenvalue weighted by Gasteiger charge is -2.30. The summed E-state index contributed by atoms with van der Waals surface area (Å²) in [5.41, 5.74) is 4.29. The Morgan fingerprint density at radius 1 is 0.750 bits per heavy atom. The molecule has 0 aliphatic carbocycles. The molecule has 4 amide bonds. The van der Waals surface area contributed by atoms with Crippen LogP contribution < -0.4 is 16.0 Å². The Kier molecular flexibility index (Phi) is 13.6. The Morgan fingerprint density at radius 2 is 1.23 bits per heavy atom. The molecular weight excluding hydrogens is 802 g/mol. The Labute approximate surface area is 341 Å². The number of ether oxygens (including phenoxy) is 2. The molecule has 4 heterocycles. The van der Waals surface area contributed by atoms with E-state index >= 15 is 0 Å². The zero-order valence-electron chi connectivity index (χ0n) is 32.9. The standard InChI is InChI=1S/C40H46F6N8O6/c1-59-37(57)51-27(15-17-39(41,42)43)35(55)53-19-3-5-31(53)33-47-21-29(49-33)25-11-7-23(8-12-25)24-9-13-26(14-10-24)30-22-48-34(50-30)32-6-4-20-54(32)36(56)28(52-38(58)60-2)16-18-40(44,45)46/h7-14,21,27-28,30-32H,3-6,15-20,22H2,1-2H3,(H,47,49)(H,48,50)(H,51,57)(H,52,58)/t27-,28-,30?,31-,32-/m0/s1. The number of H-pyrrole nitrogens is 1. The van der Waals surface area contributed by atoms with Gasteiger partial charge in [0.25, 0.3) is 0 Å². The molecule has 4 N–H and O–H groups in total. The topological polar surface area (TPSA) is 170 Å². The Bertz CT molecular complexity index is 2020. The lowest BCUT2D eigenvalue weighted by atomic mass is 9.99. The average Bonchev–Trinajstić information content (AvgIpc) is 4.07. The molecule has 3 aliphatic rings. The molecule has 6 rings (SSSR count). The van der Waals surface area contributed by atoms with Gasteiger partial charge in [0.1, 0.15) is 23.7 Å². The van der Waals surface area contributed by atoms with Crippen LogP contribution in [0.1, 0.15) is 74.8 Å². The zero-order valence-corrected chi connectivity index (χ0v) is 32.9. The molecule has 0 radical (unpaired) electrons. The maximum atomic E-state index is 13.4. The van der Waals surface area contributed by atoms with Crippen molar-refractivity contribution < 1.29 is 55.0 Å². The first-order chi connectivity index (χ1) is 28.5. The lowest BCUT2D eigenvalue weighted by Crippen LogP contribution is -2.53. The molecule has 0 spiro atoms. The van der Waals surface area contributed by atoms with Crippen molar-refractivity contribution in [2.45, 2.75) is 93.9 Å². The van der Waals surface area contributed by atoms with Crippen LogP contribution >= 0.6 is 0 Å². The molecule has 3 aromatic rings. The van der Waals surface area contributed by atoms with E-state index in [-0.39, 0.29) is 6.04 Å². The third kappa shape index (κ3) is 10.9. The highest BCUT2D eigenvalue weighted by molar-refractivity contribution is 5.95. The number of nitrogens with zero attached hydrogens (tertiary/aromatic N) is 4. The molecule has 3 aliphatic heterocycles. The van der Waals surface area contributed by atoms with Crippen molar-refractivity contribution in [3.05, 3.63) is 66.1 Å². The average molecular weight is 849 g/mol. The van der Waals surface area contributed by atoms with E-state index in [9.17, 15) is 45.5 Å². The minimum atomic E-state index is -4.51. The van der Waals surface area contributed by atoms with Gasteiger partial charge in [-0.3, -0.25) is 14.6 Å². The van der Waals surface area contributed by atoms with Gasteiger partial charge >= 0.3 is 24.5 Å². The normalized spacial score (nSPS) is 20.3. The summed E-state index contributed by atoms with van der Waals surface area (Å²) >= 11 is 0. The van der Waals surface area contributed by atoms with E-state index in [0.717, 1.165) is 36.5 Å². The summed E-state index contributed by atoms with van der Waals surface area (Å²) in [6.07, 6.45) is -10.8. The van der Waals surface area contributed by atoms with E-state index in [0.29, 0.717) is 62.7 Å². The number of rotatable bonds is 13. The summed E-state index contributed by atoms with van der Waals surface area (Å²) in [7, 11) is 2.14. The number of aromatic amines is 1. The molecule has 20 heteroatoms. The van der Waals surface area contributed by atoms with Crippen molar-refractivity contribution in [3.8, 4) is 22.4 Å². The van der Waals surface area contributed by atoms with Gasteiger partial charge in [0, 0.05) is 25.9 Å². The molecule has 1 aromatic heterocycles. The molecule has 5 atom stereocenters. The van der Waals surface area contributed by atoms with Crippen molar-refractivity contribution in [3.63, 3.8) is 0 Å².